The minimum absolute atomic E-state index is 0.203. The lowest BCUT2D eigenvalue weighted by Gasteiger charge is -2.18. The summed E-state index contributed by atoms with van der Waals surface area (Å²) in [5.74, 6) is 0.504. The van der Waals surface area contributed by atoms with E-state index in [9.17, 15) is 5.11 Å². The number of aliphatic hydroxyl groups is 1. The number of nitrogens with zero attached hydrogens (tertiary/aromatic N) is 1. The molecule has 2 atom stereocenters. The van der Waals surface area contributed by atoms with Crippen LogP contribution in [0.3, 0.4) is 0 Å². The van der Waals surface area contributed by atoms with Crippen molar-refractivity contribution < 1.29 is 5.11 Å². The summed E-state index contributed by atoms with van der Waals surface area (Å²) in [4.78, 5) is 4.03. The molecule has 0 saturated heterocycles. The number of aromatic nitrogens is 1. The third kappa shape index (κ3) is 3.06. The van der Waals surface area contributed by atoms with Crippen molar-refractivity contribution in [3.63, 3.8) is 0 Å². The largest absolute Gasteiger partial charge is 0.384 e. The Morgan fingerprint density at radius 2 is 2.31 bits per heavy atom. The highest BCUT2D eigenvalue weighted by Gasteiger charge is 2.19. The molecule has 3 nitrogen and oxygen atoms in total. The van der Waals surface area contributed by atoms with Crippen LogP contribution in [0, 0.1) is 5.92 Å². The second-order valence-corrected chi connectivity index (χ2v) is 4.53. The van der Waals surface area contributed by atoms with Crippen LogP contribution in [-0.2, 0) is 0 Å². The predicted octanol–water partition coefficient (Wildman–Crippen LogP) is 1.55. The van der Waals surface area contributed by atoms with Gasteiger partial charge in [0.1, 0.15) is 11.1 Å². The lowest BCUT2D eigenvalue weighted by molar-refractivity contribution is 0.135. The first-order chi connectivity index (χ1) is 6.11. The molecule has 1 aromatic heterocycles. The van der Waals surface area contributed by atoms with E-state index >= 15 is 0 Å². The Bertz CT molecular complexity index is 236. The van der Waals surface area contributed by atoms with Crippen LogP contribution in [0.15, 0.2) is 11.6 Å². The lowest BCUT2D eigenvalue weighted by Crippen LogP contribution is -2.29. The van der Waals surface area contributed by atoms with E-state index in [-0.39, 0.29) is 6.04 Å². The second kappa shape index (κ2) is 4.69. The zero-order chi connectivity index (χ0) is 9.84. The maximum Gasteiger partial charge on any atom is 0.123 e. The van der Waals surface area contributed by atoms with Gasteiger partial charge in [-0.1, -0.05) is 13.8 Å². The first kappa shape index (κ1) is 10.6. The summed E-state index contributed by atoms with van der Waals surface area (Å²) >= 11 is 1.45. The Kier molecular flexibility index (Phi) is 3.84. The van der Waals surface area contributed by atoms with Gasteiger partial charge in [-0.3, -0.25) is 0 Å². The summed E-state index contributed by atoms with van der Waals surface area (Å²) in [5.41, 5.74) is 5.83. The molecule has 0 fully saturated rings. The van der Waals surface area contributed by atoms with Crippen LogP contribution >= 0.6 is 11.3 Å². The van der Waals surface area contributed by atoms with Crippen molar-refractivity contribution in [1.82, 2.24) is 4.98 Å². The highest BCUT2D eigenvalue weighted by Crippen LogP contribution is 2.21. The van der Waals surface area contributed by atoms with Crippen molar-refractivity contribution in [3.8, 4) is 0 Å². The molecule has 0 radical (unpaired) electrons. The molecule has 1 heterocycles. The van der Waals surface area contributed by atoms with Crippen molar-refractivity contribution in [1.29, 1.82) is 0 Å². The molecule has 0 bridgehead atoms. The molecule has 0 aliphatic carbocycles. The average Bonchev–Trinajstić information content (AvgIpc) is 2.53. The molecule has 1 rings (SSSR count). The van der Waals surface area contributed by atoms with Crippen LogP contribution in [0.1, 0.15) is 31.4 Å². The fourth-order valence-corrected chi connectivity index (χ4v) is 1.93. The molecule has 4 heteroatoms. The van der Waals surface area contributed by atoms with E-state index < -0.39 is 6.10 Å². The fraction of sp³-hybridized carbons (Fsp3) is 0.667. The van der Waals surface area contributed by atoms with Crippen molar-refractivity contribution >= 4 is 11.3 Å². The van der Waals surface area contributed by atoms with Gasteiger partial charge < -0.3 is 10.8 Å². The number of aliphatic hydroxyl groups excluding tert-OH is 1. The van der Waals surface area contributed by atoms with Gasteiger partial charge in [0.25, 0.3) is 0 Å². The maximum absolute atomic E-state index is 9.75. The number of nitrogens with two attached hydrogens (primary N) is 1. The molecule has 0 saturated carbocycles. The van der Waals surface area contributed by atoms with E-state index in [0.717, 1.165) is 6.42 Å². The summed E-state index contributed by atoms with van der Waals surface area (Å²) < 4.78 is 0. The summed E-state index contributed by atoms with van der Waals surface area (Å²) in [6.45, 7) is 4.18. The third-order valence-electron chi connectivity index (χ3n) is 1.85. The van der Waals surface area contributed by atoms with E-state index in [0.29, 0.717) is 10.9 Å². The first-order valence-corrected chi connectivity index (χ1v) is 5.32. The van der Waals surface area contributed by atoms with Gasteiger partial charge in [-0.05, 0) is 12.3 Å². The topological polar surface area (TPSA) is 59.1 Å². The Hall–Kier alpha value is -0.450. The Morgan fingerprint density at radius 3 is 2.77 bits per heavy atom. The van der Waals surface area contributed by atoms with E-state index in [1.54, 1.807) is 6.20 Å². The van der Waals surface area contributed by atoms with E-state index in [4.69, 9.17) is 5.73 Å². The van der Waals surface area contributed by atoms with Crippen LogP contribution in [0.2, 0.25) is 0 Å². The SMILES string of the molecule is CC(C)C[C@@H](N)[C@H](O)c1nccs1. The quantitative estimate of drug-likeness (QED) is 0.775. The van der Waals surface area contributed by atoms with E-state index in [2.05, 4.69) is 18.8 Å². The Labute approximate surface area is 82.6 Å². The standard InChI is InChI=1S/C9H16N2OS/c1-6(2)5-7(10)8(12)9-11-3-4-13-9/h3-4,6-8,12H,5,10H2,1-2H3/t7-,8+/m1/s1. The Morgan fingerprint density at radius 1 is 1.62 bits per heavy atom. The molecule has 13 heavy (non-hydrogen) atoms. The molecule has 74 valence electrons. The molecule has 0 aliphatic rings. The summed E-state index contributed by atoms with van der Waals surface area (Å²) in [6.07, 6.45) is 1.90. The number of rotatable bonds is 4. The van der Waals surface area contributed by atoms with Gasteiger partial charge in [0.2, 0.25) is 0 Å². The molecule has 0 aromatic carbocycles. The number of thiazole rings is 1. The van der Waals surface area contributed by atoms with Gasteiger partial charge >= 0.3 is 0 Å². The van der Waals surface area contributed by atoms with E-state index in [1.165, 1.54) is 11.3 Å². The van der Waals surface area contributed by atoms with Crippen LogP contribution < -0.4 is 5.73 Å². The van der Waals surface area contributed by atoms with Gasteiger partial charge in [0.05, 0.1) is 0 Å². The third-order valence-corrected chi connectivity index (χ3v) is 2.70. The molecular weight excluding hydrogens is 184 g/mol. The number of hydrogen-bond acceptors (Lipinski definition) is 4. The van der Waals surface area contributed by atoms with Crippen LogP contribution in [0.4, 0.5) is 0 Å². The summed E-state index contributed by atoms with van der Waals surface area (Å²) in [7, 11) is 0. The van der Waals surface area contributed by atoms with Gasteiger partial charge in [0, 0.05) is 17.6 Å². The minimum Gasteiger partial charge on any atom is -0.384 e. The maximum atomic E-state index is 9.75. The molecule has 0 amide bonds. The normalized spacial score (nSPS) is 16.1. The van der Waals surface area contributed by atoms with Crippen LogP contribution in [0.25, 0.3) is 0 Å². The average molecular weight is 200 g/mol. The van der Waals surface area contributed by atoms with Gasteiger partial charge in [-0.25, -0.2) is 4.98 Å². The molecule has 0 unspecified atom stereocenters. The molecule has 0 aliphatic heterocycles. The highest BCUT2D eigenvalue weighted by molar-refractivity contribution is 7.09. The van der Waals surface area contributed by atoms with Gasteiger partial charge in [-0.15, -0.1) is 11.3 Å². The van der Waals surface area contributed by atoms with Crippen molar-refractivity contribution in [2.45, 2.75) is 32.4 Å². The van der Waals surface area contributed by atoms with Crippen molar-refractivity contribution in [3.05, 3.63) is 16.6 Å². The fourth-order valence-electron chi connectivity index (χ4n) is 1.24. The van der Waals surface area contributed by atoms with Crippen molar-refractivity contribution in [2.75, 3.05) is 0 Å². The molecule has 3 N–H and O–H groups in total. The minimum atomic E-state index is -0.609. The first-order valence-electron chi connectivity index (χ1n) is 4.44. The van der Waals surface area contributed by atoms with Crippen LogP contribution in [0.5, 0.6) is 0 Å². The van der Waals surface area contributed by atoms with Gasteiger partial charge in [0.15, 0.2) is 0 Å². The second-order valence-electron chi connectivity index (χ2n) is 3.61. The van der Waals surface area contributed by atoms with Crippen molar-refractivity contribution in [2.24, 2.45) is 11.7 Å². The predicted molar refractivity (Wildman–Crippen MR) is 54.5 cm³/mol. The summed E-state index contributed by atoms with van der Waals surface area (Å²) in [6, 6.07) is -0.203. The molecule has 1 aromatic rings. The van der Waals surface area contributed by atoms with E-state index in [1.807, 2.05) is 5.38 Å². The van der Waals surface area contributed by atoms with Gasteiger partial charge in [-0.2, -0.15) is 0 Å². The lowest BCUT2D eigenvalue weighted by atomic mass is 10.0. The zero-order valence-electron chi connectivity index (χ0n) is 7.97. The highest BCUT2D eigenvalue weighted by atomic mass is 32.1. The summed E-state index contributed by atoms with van der Waals surface area (Å²) in [5, 5.41) is 12.3. The van der Waals surface area contributed by atoms with Crippen LogP contribution in [-0.4, -0.2) is 16.1 Å². The number of hydrogen-bond donors (Lipinski definition) is 2. The zero-order valence-corrected chi connectivity index (χ0v) is 8.79. The molecular formula is C9H16N2OS. The monoisotopic (exact) mass is 200 g/mol. The molecule has 0 spiro atoms. The Balaban J connectivity index is 2.52. The smallest absolute Gasteiger partial charge is 0.123 e.